The van der Waals surface area contributed by atoms with E-state index >= 15 is 0 Å². The Labute approximate surface area is 122 Å². The van der Waals surface area contributed by atoms with Crippen molar-refractivity contribution in [1.82, 2.24) is 0 Å². The zero-order chi connectivity index (χ0) is 16.1. The summed E-state index contributed by atoms with van der Waals surface area (Å²) in [5.74, 6) is -1.63. The molecule has 0 unspecified atom stereocenters. The van der Waals surface area contributed by atoms with Crippen LogP contribution in [0, 0.1) is 5.41 Å². The molecule has 6 nitrogen and oxygen atoms in total. The van der Waals surface area contributed by atoms with Crippen LogP contribution in [0.4, 0.5) is 0 Å². The molecule has 2 bridgehead atoms. The van der Waals surface area contributed by atoms with Crippen LogP contribution in [0.15, 0.2) is 23.8 Å². The van der Waals surface area contributed by atoms with Gasteiger partial charge in [-0.05, 0) is 38.8 Å². The van der Waals surface area contributed by atoms with Crippen molar-refractivity contribution in [1.29, 1.82) is 0 Å². The quantitative estimate of drug-likeness (QED) is 0.404. The molecule has 2 rings (SSSR count). The SMILES string of the molecule is CC(/C=C/[C@@]1(O)[C@@]2(C)C[C@@H](O)C[C@@]1(C)C(=O)O2)=C\C(=O)O. The van der Waals surface area contributed by atoms with E-state index in [1.54, 1.807) is 20.8 Å². The molecule has 0 radical (unpaired) electrons. The fourth-order valence-electron chi connectivity index (χ4n) is 3.42. The van der Waals surface area contributed by atoms with E-state index < -0.39 is 34.7 Å². The zero-order valence-corrected chi connectivity index (χ0v) is 12.3. The third-order valence-electron chi connectivity index (χ3n) is 4.62. The Morgan fingerprint density at radius 1 is 1.38 bits per heavy atom. The molecule has 2 fully saturated rings. The Balaban J connectivity index is 2.43. The summed E-state index contributed by atoms with van der Waals surface area (Å²) in [6.45, 7) is 4.73. The minimum atomic E-state index is -1.59. The van der Waals surface area contributed by atoms with Crippen molar-refractivity contribution in [3.05, 3.63) is 23.8 Å². The van der Waals surface area contributed by atoms with Crippen LogP contribution in [0.5, 0.6) is 0 Å². The molecule has 0 aromatic carbocycles. The second-order valence-electron chi connectivity index (χ2n) is 6.34. The van der Waals surface area contributed by atoms with E-state index in [-0.39, 0.29) is 12.8 Å². The molecule has 0 spiro atoms. The summed E-state index contributed by atoms with van der Waals surface area (Å²) in [5.41, 5.74) is -3.64. The largest absolute Gasteiger partial charge is 0.478 e. The first-order valence-electron chi connectivity index (χ1n) is 6.78. The molecule has 3 N–H and O–H groups in total. The number of carboxylic acids is 1. The van der Waals surface area contributed by atoms with E-state index in [0.29, 0.717) is 5.57 Å². The highest BCUT2D eigenvalue weighted by atomic mass is 16.6. The first kappa shape index (κ1) is 15.7. The number of carboxylic acid groups (broad SMARTS) is 1. The van der Waals surface area contributed by atoms with Crippen LogP contribution in [0.3, 0.4) is 0 Å². The second kappa shape index (κ2) is 4.68. The zero-order valence-electron chi connectivity index (χ0n) is 12.3. The van der Waals surface area contributed by atoms with Crippen molar-refractivity contribution < 1.29 is 29.6 Å². The lowest BCUT2D eigenvalue weighted by Gasteiger charge is -2.47. The topological polar surface area (TPSA) is 104 Å². The number of hydrogen-bond acceptors (Lipinski definition) is 5. The molecule has 0 aromatic heterocycles. The van der Waals surface area contributed by atoms with Gasteiger partial charge < -0.3 is 20.1 Å². The normalized spacial score (nSPS) is 43.2. The Hall–Kier alpha value is -1.66. The van der Waals surface area contributed by atoms with Crippen LogP contribution in [-0.2, 0) is 14.3 Å². The number of esters is 1. The summed E-state index contributed by atoms with van der Waals surface area (Å²) in [5, 5.41) is 29.6. The second-order valence-corrected chi connectivity index (χ2v) is 6.34. The highest BCUT2D eigenvalue weighted by Gasteiger charge is 2.72. The van der Waals surface area contributed by atoms with E-state index in [1.807, 2.05) is 0 Å². The number of carbonyl (C=O) groups excluding carboxylic acids is 1. The molecule has 6 heteroatoms. The van der Waals surface area contributed by atoms with E-state index in [2.05, 4.69) is 0 Å². The minimum absolute atomic E-state index is 0.101. The lowest BCUT2D eigenvalue weighted by molar-refractivity contribution is -0.156. The van der Waals surface area contributed by atoms with Crippen molar-refractivity contribution in [3.8, 4) is 0 Å². The monoisotopic (exact) mass is 296 g/mol. The number of aliphatic hydroxyl groups excluding tert-OH is 1. The summed E-state index contributed by atoms with van der Waals surface area (Å²) >= 11 is 0. The number of fused-ring (bicyclic) bond motifs is 2. The Kier molecular flexibility index (Phi) is 3.50. The van der Waals surface area contributed by atoms with Gasteiger partial charge in [0.05, 0.1) is 6.10 Å². The molecule has 2 aliphatic rings. The Morgan fingerprint density at radius 3 is 2.52 bits per heavy atom. The van der Waals surface area contributed by atoms with E-state index in [0.717, 1.165) is 6.08 Å². The lowest BCUT2D eigenvalue weighted by atomic mass is 9.59. The molecule has 4 atom stereocenters. The van der Waals surface area contributed by atoms with Gasteiger partial charge in [-0.15, -0.1) is 0 Å². The fourth-order valence-corrected chi connectivity index (χ4v) is 3.42. The Bertz CT molecular complexity index is 550. The maximum atomic E-state index is 12.1. The van der Waals surface area contributed by atoms with Gasteiger partial charge in [0.2, 0.25) is 0 Å². The maximum Gasteiger partial charge on any atom is 0.328 e. The maximum absolute atomic E-state index is 12.1. The molecule has 1 saturated carbocycles. The van der Waals surface area contributed by atoms with Gasteiger partial charge in [-0.3, -0.25) is 4.79 Å². The predicted molar refractivity (Wildman–Crippen MR) is 73.3 cm³/mol. The summed E-state index contributed by atoms with van der Waals surface area (Å²) < 4.78 is 5.34. The molecular formula is C15H20O6. The van der Waals surface area contributed by atoms with Crippen LogP contribution in [0.25, 0.3) is 0 Å². The van der Waals surface area contributed by atoms with Crippen molar-refractivity contribution in [2.24, 2.45) is 5.41 Å². The smallest absolute Gasteiger partial charge is 0.328 e. The van der Waals surface area contributed by atoms with E-state index in [1.165, 1.54) is 12.2 Å². The van der Waals surface area contributed by atoms with Crippen LogP contribution >= 0.6 is 0 Å². The van der Waals surface area contributed by atoms with E-state index in [9.17, 15) is 19.8 Å². The number of allylic oxidation sites excluding steroid dienone is 2. The Morgan fingerprint density at radius 2 is 2.00 bits per heavy atom. The van der Waals surface area contributed by atoms with Crippen molar-refractivity contribution in [2.75, 3.05) is 0 Å². The molecule has 1 saturated heterocycles. The van der Waals surface area contributed by atoms with Gasteiger partial charge in [-0.1, -0.05) is 6.08 Å². The molecule has 0 aromatic rings. The lowest BCUT2D eigenvalue weighted by Crippen LogP contribution is -2.61. The van der Waals surface area contributed by atoms with E-state index in [4.69, 9.17) is 9.84 Å². The summed E-state index contributed by atoms with van der Waals surface area (Å²) in [7, 11) is 0. The van der Waals surface area contributed by atoms with Gasteiger partial charge in [0.15, 0.2) is 0 Å². The van der Waals surface area contributed by atoms with Gasteiger partial charge in [0, 0.05) is 12.5 Å². The number of carbonyl (C=O) groups is 2. The van der Waals surface area contributed by atoms with Gasteiger partial charge in [-0.25, -0.2) is 4.79 Å². The van der Waals surface area contributed by atoms with Crippen molar-refractivity contribution in [3.63, 3.8) is 0 Å². The van der Waals surface area contributed by atoms with Gasteiger partial charge in [0.25, 0.3) is 0 Å². The average molecular weight is 296 g/mol. The molecule has 1 aliphatic heterocycles. The van der Waals surface area contributed by atoms with Gasteiger partial charge in [-0.2, -0.15) is 0 Å². The molecule has 1 aliphatic carbocycles. The first-order chi connectivity index (χ1) is 9.54. The summed E-state index contributed by atoms with van der Waals surface area (Å²) in [6.07, 6.45) is 3.40. The standard InChI is InChI=1S/C15H20O6/c1-9(6-11(17)18)4-5-15(20)13(2)7-10(16)8-14(15,3)21-12(13)19/h4-6,10,16,20H,7-8H2,1-3H3,(H,17,18)/b5-4+,9-6+/t10-,13-,14+,15-/m0/s1. The molecular weight excluding hydrogens is 276 g/mol. The number of aliphatic carboxylic acids is 1. The number of hydrogen-bond donors (Lipinski definition) is 3. The molecule has 1 heterocycles. The molecule has 21 heavy (non-hydrogen) atoms. The van der Waals surface area contributed by atoms with Crippen LogP contribution in [0.2, 0.25) is 0 Å². The highest BCUT2D eigenvalue weighted by molar-refractivity contribution is 5.84. The fraction of sp³-hybridized carbons (Fsp3) is 0.600. The van der Waals surface area contributed by atoms with Crippen LogP contribution in [0.1, 0.15) is 33.6 Å². The number of rotatable bonds is 3. The third-order valence-corrected chi connectivity index (χ3v) is 4.62. The summed E-state index contributed by atoms with van der Waals surface area (Å²) in [4.78, 5) is 22.7. The van der Waals surface area contributed by atoms with Crippen molar-refractivity contribution in [2.45, 2.75) is 50.9 Å². The minimum Gasteiger partial charge on any atom is -0.478 e. The van der Waals surface area contributed by atoms with Crippen LogP contribution < -0.4 is 0 Å². The molecule has 0 amide bonds. The van der Waals surface area contributed by atoms with Crippen molar-refractivity contribution >= 4 is 11.9 Å². The van der Waals surface area contributed by atoms with Crippen LogP contribution in [-0.4, -0.2) is 44.6 Å². The average Bonchev–Trinajstić information content (AvgIpc) is 2.41. The number of ether oxygens (including phenoxy) is 1. The number of aliphatic hydroxyl groups is 2. The predicted octanol–water partition coefficient (Wildman–Crippen LogP) is 0.781. The highest BCUT2D eigenvalue weighted by Crippen LogP contribution is 2.58. The third kappa shape index (κ3) is 2.18. The van der Waals surface area contributed by atoms with Gasteiger partial charge in [0.1, 0.15) is 16.6 Å². The van der Waals surface area contributed by atoms with Gasteiger partial charge >= 0.3 is 11.9 Å². The summed E-state index contributed by atoms with van der Waals surface area (Å²) in [6, 6.07) is 0. The first-order valence-corrected chi connectivity index (χ1v) is 6.78. The molecule has 116 valence electrons.